The molecule has 7 heteroatoms. The van der Waals surface area contributed by atoms with Gasteiger partial charge in [0.2, 0.25) is 11.8 Å². The van der Waals surface area contributed by atoms with Crippen LogP contribution in [0.25, 0.3) is 0 Å². The lowest BCUT2D eigenvalue weighted by molar-refractivity contribution is -0.136. The van der Waals surface area contributed by atoms with E-state index in [2.05, 4.69) is 15.0 Å². The molecule has 0 saturated carbocycles. The van der Waals surface area contributed by atoms with Crippen LogP contribution in [0.15, 0.2) is 4.52 Å². The number of hydrogen-bond acceptors (Lipinski definition) is 6. The summed E-state index contributed by atoms with van der Waals surface area (Å²) >= 11 is 0. The van der Waals surface area contributed by atoms with Crippen molar-refractivity contribution in [3.63, 3.8) is 0 Å². The summed E-state index contributed by atoms with van der Waals surface area (Å²) in [6.07, 6.45) is 0.756. The van der Waals surface area contributed by atoms with E-state index < -0.39 is 0 Å². The lowest BCUT2D eigenvalue weighted by atomic mass is 10.1. The predicted molar refractivity (Wildman–Crippen MR) is 73.8 cm³/mol. The van der Waals surface area contributed by atoms with Crippen molar-refractivity contribution >= 4 is 5.91 Å². The van der Waals surface area contributed by atoms with Crippen LogP contribution in [0.5, 0.6) is 0 Å². The quantitative estimate of drug-likeness (QED) is 0.809. The zero-order valence-corrected chi connectivity index (χ0v) is 12.2. The first-order valence-electron chi connectivity index (χ1n) is 7.16. The number of carbonyl (C=O) groups excluding carboxylic acids is 1. The Morgan fingerprint density at radius 1 is 1.40 bits per heavy atom. The number of carbonyl (C=O) groups is 1. The van der Waals surface area contributed by atoms with E-state index in [0.717, 1.165) is 38.4 Å². The lowest BCUT2D eigenvalue weighted by Gasteiger charge is -2.35. The first kappa shape index (κ1) is 14.9. The molecule has 2 rings (SSSR count). The molecule has 20 heavy (non-hydrogen) atoms. The SMILES string of the molecule is CCc1nc(CN2CCN(C(=O)C(C)CN)CC2)no1. The van der Waals surface area contributed by atoms with Crippen LogP contribution in [0.4, 0.5) is 0 Å². The Labute approximate surface area is 119 Å². The van der Waals surface area contributed by atoms with Crippen LogP contribution in [0, 0.1) is 5.92 Å². The first-order valence-corrected chi connectivity index (χ1v) is 7.16. The molecule has 7 nitrogen and oxygen atoms in total. The van der Waals surface area contributed by atoms with Gasteiger partial charge in [0, 0.05) is 45.1 Å². The molecule has 0 radical (unpaired) electrons. The zero-order valence-electron chi connectivity index (χ0n) is 12.2. The number of amides is 1. The van der Waals surface area contributed by atoms with Crippen molar-refractivity contribution in [1.82, 2.24) is 19.9 Å². The second kappa shape index (κ2) is 6.81. The molecule has 0 aliphatic carbocycles. The highest BCUT2D eigenvalue weighted by Crippen LogP contribution is 2.09. The molecule has 0 aromatic carbocycles. The third-order valence-corrected chi connectivity index (χ3v) is 3.64. The van der Waals surface area contributed by atoms with E-state index >= 15 is 0 Å². The van der Waals surface area contributed by atoms with Gasteiger partial charge in [-0.3, -0.25) is 9.69 Å². The van der Waals surface area contributed by atoms with Crippen LogP contribution >= 0.6 is 0 Å². The molecule has 2 heterocycles. The van der Waals surface area contributed by atoms with Gasteiger partial charge in [0.15, 0.2) is 5.82 Å². The number of piperazine rings is 1. The Balaban J connectivity index is 1.80. The van der Waals surface area contributed by atoms with E-state index in [9.17, 15) is 4.79 Å². The summed E-state index contributed by atoms with van der Waals surface area (Å²) in [5.41, 5.74) is 5.54. The van der Waals surface area contributed by atoms with Crippen molar-refractivity contribution in [3.8, 4) is 0 Å². The second-order valence-corrected chi connectivity index (χ2v) is 5.20. The molecular weight excluding hydrogens is 258 g/mol. The standard InChI is InChI=1S/C13H23N5O2/c1-3-12-15-11(16-20-12)9-17-4-6-18(7-5-17)13(19)10(2)8-14/h10H,3-9,14H2,1-2H3. The van der Waals surface area contributed by atoms with Gasteiger partial charge in [-0.2, -0.15) is 4.98 Å². The summed E-state index contributed by atoms with van der Waals surface area (Å²) in [5.74, 6) is 1.45. The largest absolute Gasteiger partial charge is 0.340 e. The fourth-order valence-electron chi connectivity index (χ4n) is 2.24. The maximum atomic E-state index is 12.0. The minimum Gasteiger partial charge on any atom is -0.340 e. The molecule has 1 unspecified atom stereocenters. The maximum absolute atomic E-state index is 12.0. The normalized spacial score (nSPS) is 18.2. The van der Waals surface area contributed by atoms with Gasteiger partial charge in [-0.05, 0) is 0 Å². The van der Waals surface area contributed by atoms with Gasteiger partial charge >= 0.3 is 0 Å². The number of aromatic nitrogens is 2. The van der Waals surface area contributed by atoms with Gasteiger partial charge < -0.3 is 15.2 Å². The third kappa shape index (κ3) is 3.55. The van der Waals surface area contributed by atoms with Crippen molar-refractivity contribution in [2.45, 2.75) is 26.8 Å². The van der Waals surface area contributed by atoms with Crippen LogP contribution in [-0.2, 0) is 17.8 Å². The number of nitrogens with zero attached hydrogens (tertiary/aromatic N) is 4. The molecular formula is C13H23N5O2. The van der Waals surface area contributed by atoms with E-state index in [-0.39, 0.29) is 11.8 Å². The Kier molecular flexibility index (Phi) is 5.08. The predicted octanol–water partition coefficient (Wildman–Crippen LogP) is -0.129. The third-order valence-electron chi connectivity index (χ3n) is 3.64. The number of rotatable bonds is 5. The molecule has 1 fully saturated rings. The van der Waals surface area contributed by atoms with Crippen molar-refractivity contribution < 1.29 is 9.32 Å². The molecule has 0 bridgehead atoms. The van der Waals surface area contributed by atoms with Crippen molar-refractivity contribution in [1.29, 1.82) is 0 Å². The second-order valence-electron chi connectivity index (χ2n) is 5.20. The van der Waals surface area contributed by atoms with Crippen LogP contribution in [0.2, 0.25) is 0 Å². The zero-order chi connectivity index (χ0) is 14.5. The summed E-state index contributed by atoms with van der Waals surface area (Å²) in [7, 11) is 0. The smallest absolute Gasteiger partial charge is 0.226 e. The first-order chi connectivity index (χ1) is 9.63. The number of nitrogens with two attached hydrogens (primary N) is 1. The molecule has 1 aliphatic heterocycles. The van der Waals surface area contributed by atoms with Gasteiger partial charge in [0.05, 0.1) is 6.54 Å². The van der Waals surface area contributed by atoms with Crippen molar-refractivity contribution in [3.05, 3.63) is 11.7 Å². The summed E-state index contributed by atoms with van der Waals surface area (Å²) in [5, 5.41) is 3.95. The maximum Gasteiger partial charge on any atom is 0.226 e. The average molecular weight is 281 g/mol. The molecule has 112 valence electrons. The Hall–Kier alpha value is -1.47. The number of hydrogen-bond donors (Lipinski definition) is 1. The number of aryl methyl sites for hydroxylation is 1. The molecule has 1 aromatic heterocycles. The monoisotopic (exact) mass is 281 g/mol. The summed E-state index contributed by atoms with van der Waals surface area (Å²) in [6, 6.07) is 0. The van der Waals surface area contributed by atoms with Crippen LogP contribution < -0.4 is 5.73 Å². The Bertz CT molecular complexity index is 440. The van der Waals surface area contributed by atoms with Gasteiger partial charge in [-0.15, -0.1) is 0 Å². The topological polar surface area (TPSA) is 88.5 Å². The van der Waals surface area contributed by atoms with E-state index in [0.29, 0.717) is 19.0 Å². The molecule has 1 amide bonds. The molecule has 2 N–H and O–H groups in total. The van der Waals surface area contributed by atoms with Gasteiger partial charge in [-0.25, -0.2) is 0 Å². The van der Waals surface area contributed by atoms with Crippen LogP contribution in [0.3, 0.4) is 0 Å². The molecule has 0 spiro atoms. The minimum atomic E-state index is -0.0918. The summed E-state index contributed by atoms with van der Waals surface area (Å²) < 4.78 is 5.09. The van der Waals surface area contributed by atoms with E-state index in [1.54, 1.807) is 0 Å². The average Bonchev–Trinajstić information content (AvgIpc) is 2.94. The fraction of sp³-hybridized carbons (Fsp3) is 0.769. The van der Waals surface area contributed by atoms with Crippen LogP contribution in [0.1, 0.15) is 25.6 Å². The Morgan fingerprint density at radius 2 is 2.10 bits per heavy atom. The summed E-state index contributed by atoms with van der Waals surface area (Å²) in [6.45, 7) is 8.08. The van der Waals surface area contributed by atoms with Gasteiger partial charge in [0.1, 0.15) is 0 Å². The van der Waals surface area contributed by atoms with Gasteiger partial charge in [0.25, 0.3) is 0 Å². The minimum absolute atomic E-state index is 0.0918. The van der Waals surface area contributed by atoms with E-state index in [1.807, 2.05) is 18.7 Å². The van der Waals surface area contributed by atoms with E-state index in [1.165, 1.54) is 0 Å². The lowest BCUT2D eigenvalue weighted by Crippen LogP contribution is -2.50. The Morgan fingerprint density at radius 3 is 2.65 bits per heavy atom. The molecule has 1 aliphatic rings. The summed E-state index contributed by atoms with van der Waals surface area (Å²) in [4.78, 5) is 20.5. The van der Waals surface area contributed by atoms with Gasteiger partial charge in [-0.1, -0.05) is 19.0 Å². The highest BCUT2D eigenvalue weighted by atomic mass is 16.5. The highest BCUT2D eigenvalue weighted by Gasteiger charge is 2.24. The molecule has 1 saturated heterocycles. The van der Waals surface area contributed by atoms with E-state index in [4.69, 9.17) is 10.3 Å². The molecule has 1 atom stereocenters. The van der Waals surface area contributed by atoms with Crippen molar-refractivity contribution in [2.24, 2.45) is 11.7 Å². The highest BCUT2D eigenvalue weighted by molar-refractivity contribution is 5.78. The molecule has 1 aromatic rings. The van der Waals surface area contributed by atoms with Crippen molar-refractivity contribution in [2.75, 3.05) is 32.7 Å². The van der Waals surface area contributed by atoms with Crippen LogP contribution in [-0.4, -0.2) is 58.6 Å². The fourth-order valence-corrected chi connectivity index (χ4v) is 2.24.